The van der Waals surface area contributed by atoms with Crippen LogP contribution in [-0.2, 0) is 21.9 Å². The molecule has 1 aliphatic carbocycles. The second-order valence-corrected chi connectivity index (χ2v) is 10.8. The highest BCUT2D eigenvalue weighted by atomic mass is 35.5. The predicted octanol–water partition coefficient (Wildman–Crippen LogP) is 4.15. The molecule has 0 spiro atoms. The maximum absolute atomic E-state index is 12.2. The molecular formula is C24H28Cl2N4O3S. The third-order valence-corrected chi connectivity index (χ3v) is 8.45. The SMILES string of the molecule is Cl.O=S(=O)(NCCOc1ccc2c(c1)C(C1(c3ccc(Cl)cc3)CCC1)NCC2)c1cnc[nH]1. The molecule has 2 heterocycles. The summed E-state index contributed by atoms with van der Waals surface area (Å²) in [6.07, 6.45) is 7.06. The monoisotopic (exact) mass is 522 g/mol. The van der Waals surface area contributed by atoms with Crippen molar-refractivity contribution in [3.05, 3.63) is 76.7 Å². The van der Waals surface area contributed by atoms with E-state index in [1.165, 1.54) is 35.6 Å². The molecule has 3 aromatic rings. The Morgan fingerprint density at radius 1 is 1.18 bits per heavy atom. The highest BCUT2D eigenvalue weighted by Crippen LogP contribution is 2.53. The Balaban J connectivity index is 0.00000274. The summed E-state index contributed by atoms with van der Waals surface area (Å²) in [7, 11) is -3.61. The minimum atomic E-state index is -3.61. The first-order chi connectivity index (χ1) is 16.0. The number of fused-ring (bicyclic) bond motifs is 1. The van der Waals surface area contributed by atoms with Crippen LogP contribution in [0.4, 0.5) is 0 Å². The number of aromatic nitrogens is 2. The molecule has 182 valence electrons. The van der Waals surface area contributed by atoms with Gasteiger partial charge in [-0.1, -0.05) is 36.2 Å². The van der Waals surface area contributed by atoms with E-state index in [-0.39, 0.29) is 42.0 Å². The second-order valence-electron chi connectivity index (χ2n) is 8.68. The first kappa shape index (κ1) is 25.0. The van der Waals surface area contributed by atoms with Crippen LogP contribution in [0.3, 0.4) is 0 Å². The number of rotatable bonds is 8. The van der Waals surface area contributed by atoms with Crippen LogP contribution in [0.15, 0.2) is 60.0 Å². The summed E-state index contributed by atoms with van der Waals surface area (Å²) in [4.78, 5) is 6.35. The van der Waals surface area contributed by atoms with Crippen LogP contribution in [-0.4, -0.2) is 38.1 Å². The number of halogens is 2. The fourth-order valence-corrected chi connectivity index (χ4v) is 6.05. The summed E-state index contributed by atoms with van der Waals surface area (Å²) in [6, 6.07) is 14.7. The van der Waals surface area contributed by atoms with Gasteiger partial charge in [0.2, 0.25) is 0 Å². The largest absolute Gasteiger partial charge is 0.492 e. The molecule has 2 aromatic carbocycles. The van der Waals surface area contributed by atoms with Crippen molar-refractivity contribution >= 4 is 34.0 Å². The van der Waals surface area contributed by atoms with Crippen molar-refractivity contribution < 1.29 is 13.2 Å². The lowest BCUT2D eigenvalue weighted by Crippen LogP contribution is -2.49. The van der Waals surface area contributed by atoms with E-state index >= 15 is 0 Å². The average molecular weight is 523 g/mol. The molecule has 1 saturated carbocycles. The summed E-state index contributed by atoms with van der Waals surface area (Å²) in [5.74, 6) is 0.744. The van der Waals surface area contributed by atoms with Gasteiger partial charge in [0.25, 0.3) is 10.0 Å². The average Bonchev–Trinajstić information content (AvgIpc) is 3.34. The molecule has 10 heteroatoms. The Bertz CT molecular complexity index is 1210. The molecule has 0 bridgehead atoms. The number of nitrogens with one attached hydrogen (secondary N) is 3. The van der Waals surface area contributed by atoms with Gasteiger partial charge < -0.3 is 15.0 Å². The summed E-state index contributed by atoms with van der Waals surface area (Å²) in [5.41, 5.74) is 3.98. The highest BCUT2D eigenvalue weighted by molar-refractivity contribution is 7.89. The first-order valence-electron chi connectivity index (χ1n) is 11.2. The molecule has 1 atom stereocenters. The molecule has 3 N–H and O–H groups in total. The van der Waals surface area contributed by atoms with Gasteiger partial charge in [-0.2, -0.15) is 0 Å². The lowest BCUT2D eigenvalue weighted by atomic mass is 9.58. The minimum Gasteiger partial charge on any atom is -0.492 e. The second kappa shape index (κ2) is 10.3. The van der Waals surface area contributed by atoms with Crippen molar-refractivity contribution in [2.45, 2.75) is 42.2 Å². The van der Waals surface area contributed by atoms with E-state index < -0.39 is 10.0 Å². The molecule has 1 unspecified atom stereocenters. The van der Waals surface area contributed by atoms with Gasteiger partial charge in [-0.05, 0) is 66.8 Å². The molecule has 0 amide bonds. The van der Waals surface area contributed by atoms with E-state index in [4.69, 9.17) is 16.3 Å². The number of sulfonamides is 1. The van der Waals surface area contributed by atoms with Gasteiger partial charge in [-0.15, -0.1) is 12.4 Å². The number of H-pyrrole nitrogens is 1. The molecule has 7 nitrogen and oxygen atoms in total. The van der Waals surface area contributed by atoms with Crippen molar-refractivity contribution in [1.29, 1.82) is 0 Å². The predicted molar refractivity (Wildman–Crippen MR) is 134 cm³/mol. The van der Waals surface area contributed by atoms with E-state index in [2.05, 4.69) is 44.3 Å². The van der Waals surface area contributed by atoms with Crippen LogP contribution in [0.25, 0.3) is 0 Å². The maximum atomic E-state index is 12.2. The fourth-order valence-electron chi connectivity index (χ4n) is 5.01. The van der Waals surface area contributed by atoms with Crippen molar-refractivity contribution in [3.63, 3.8) is 0 Å². The molecule has 1 fully saturated rings. The van der Waals surface area contributed by atoms with Gasteiger partial charge in [-0.25, -0.2) is 18.1 Å². The van der Waals surface area contributed by atoms with Gasteiger partial charge in [0.05, 0.1) is 12.5 Å². The number of hydrogen-bond donors (Lipinski definition) is 3. The number of imidazole rings is 1. The highest BCUT2D eigenvalue weighted by Gasteiger charge is 2.47. The summed E-state index contributed by atoms with van der Waals surface area (Å²) in [5, 5.41) is 4.57. The van der Waals surface area contributed by atoms with Crippen molar-refractivity contribution in [1.82, 2.24) is 20.0 Å². The summed E-state index contributed by atoms with van der Waals surface area (Å²) >= 11 is 6.15. The Labute approximate surface area is 211 Å². The zero-order chi connectivity index (χ0) is 22.9. The summed E-state index contributed by atoms with van der Waals surface area (Å²) in [6.45, 7) is 1.34. The lowest BCUT2D eigenvalue weighted by molar-refractivity contribution is 0.164. The maximum Gasteiger partial charge on any atom is 0.257 e. The van der Waals surface area contributed by atoms with Crippen LogP contribution in [0.5, 0.6) is 5.75 Å². The zero-order valence-corrected chi connectivity index (χ0v) is 21.0. The Morgan fingerprint density at radius 3 is 2.65 bits per heavy atom. The minimum absolute atomic E-state index is 0. The van der Waals surface area contributed by atoms with Crippen LogP contribution in [0, 0.1) is 0 Å². The smallest absolute Gasteiger partial charge is 0.257 e. The van der Waals surface area contributed by atoms with E-state index in [0.29, 0.717) is 0 Å². The van der Waals surface area contributed by atoms with Gasteiger partial charge in [-0.3, -0.25) is 0 Å². The van der Waals surface area contributed by atoms with Gasteiger partial charge in [0, 0.05) is 23.0 Å². The molecular weight excluding hydrogens is 495 g/mol. The third-order valence-electron chi connectivity index (χ3n) is 6.81. The van der Waals surface area contributed by atoms with E-state index in [0.717, 1.165) is 36.6 Å². The number of nitrogens with zero attached hydrogens (tertiary/aromatic N) is 1. The van der Waals surface area contributed by atoms with Gasteiger partial charge >= 0.3 is 0 Å². The molecule has 34 heavy (non-hydrogen) atoms. The van der Waals surface area contributed by atoms with Crippen LogP contribution in [0.1, 0.15) is 42.0 Å². The molecule has 2 aliphatic rings. The topological polar surface area (TPSA) is 96.1 Å². The Hall–Kier alpha value is -2.10. The normalized spacial score (nSPS) is 18.9. The Morgan fingerprint density at radius 2 is 1.97 bits per heavy atom. The third kappa shape index (κ3) is 4.83. The number of aromatic amines is 1. The fraction of sp³-hybridized carbons (Fsp3) is 0.375. The summed E-state index contributed by atoms with van der Waals surface area (Å²) < 4.78 is 32.8. The van der Waals surface area contributed by atoms with E-state index in [1.807, 2.05) is 18.2 Å². The van der Waals surface area contributed by atoms with Crippen molar-refractivity contribution in [2.75, 3.05) is 19.7 Å². The quantitative estimate of drug-likeness (QED) is 0.386. The molecule has 1 aliphatic heterocycles. The molecule has 1 aromatic heterocycles. The van der Waals surface area contributed by atoms with Crippen molar-refractivity contribution in [3.8, 4) is 5.75 Å². The number of hydrogen-bond acceptors (Lipinski definition) is 5. The van der Waals surface area contributed by atoms with Gasteiger partial charge in [0.1, 0.15) is 12.4 Å². The number of ether oxygens (including phenoxy) is 1. The lowest BCUT2D eigenvalue weighted by Gasteiger charge is -2.50. The van der Waals surface area contributed by atoms with E-state index in [1.54, 1.807) is 0 Å². The number of benzene rings is 2. The van der Waals surface area contributed by atoms with Crippen molar-refractivity contribution in [2.24, 2.45) is 0 Å². The van der Waals surface area contributed by atoms with Gasteiger partial charge in [0.15, 0.2) is 5.03 Å². The van der Waals surface area contributed by atoms with Crippen LogP contribution >= 0.6 is 24.0 Å². The van der Waals surface area contributed by atoms with Crippen LogP contribution < -0.4 is 14.8 Å². The standard InChI is InChI=1S/C24H27ClN4O3S.ClH/c25-19-5-3-18(4-6-19)24(9-1-10-24)23-21-14-20(7-2-17(21)8-11-27-23)32-13-12-29-33(30,31)22-15-26-16-28-22;/h2-7,14-16,23,27,29H,1,8-13H2,(H,26,28);1H. The molecule has 5 rings (SSSR count). The Kier molecular flexibility index (Phi) is 7.54. The zero-order valence-electron chi connectivity index (χ0n) is 18.6. The molecule has 0 radical (unpaired) electrons. The molecule has 0 saturated heterocycles. The van der Waals surface area contributed by atoms with Crippen LogP contribution in [0.2, 0.25) is 5.02 Å². The van der Waals surface area contributed by atoms with E-state index in [9.17, 15) is 8.42 Å². The first-order valence-corrected chi connectivity index (χ1v) is 13.1.